The molecule has 1 aromatic rings. The van der Waals surface area contributed by atoms with Gasteiger partial charge in [-0.3, -0.25) is 9.63 Å². The minimum atomic E-state index is 0.194. The van der Waals surface area contributed by atoms with Gasteiger partial charge in [-0.1, -0.05) is 160 Å². The molecule has 1 amide bonds. The number of hydrogen-bond donors (Lipinski definition) is 0. The Morgan fingerprint density at radius 1 is 0.622 bits per heavy atom. The number of nitrogens with zero attached hydrogens (tertiary/aromatic N) is 2. The maximum Gasteiger partial charge on any atom is 0.246 e. The van der Waals surface area contributed by atoms with Crippen molar-refractivity contribution in [2.24, 2.45) is 0 Å². The van der Waals surface area contributed by atoms with Crippen LogP contribution in [0.1, 0.15) is 174 Å². The highest BCUT2D eigenvalue weighted by Crippen LogP contribution is 2.21. The van der Waals surface area contributed by atoms with Crippen LogP contribution in [0.25, 0.3) is 0 Å². The minimum Gasteiger partial charge on any atom is -0.377 e. The second kappa shape index (κ2) is 31.2. The molecule has 0 N–H and O–H groups in total. The third kappa shape index (κ3) is 25.4. The molecule has 1 aromatic carbocycles. The highest BCUT2D eigenvalue weighted by atomic mass is 16.7. The van der Waals surface area contributed by atoms with Gasteiger partial charge in [-0.2, -0.15) is 0 Å². The second-order valence-corrected chi connectivity index (χ2v) is 13.6. The molecule has 45 heavy (non-hydrogen) atoms. The molecule has 1 rings (SSSR count). The maximum atomic E-state index is 13.5. The molecule has 5 heteroatoms. The monoisotopic (exact) mass is 631 g/mol. The number of hydrogen-bond acceptors (Lipinski definition) is 4. The van der Waals surface area contributed by atoms with Crippen molar-refractivity contribution in [2.75, 3.05) is 33.9 Å². The van der Waals surface area contributed by atoms with E-state index in [0.717, 1.165) is 51.7 Å². The van der Waals surface area contributed by atoms with Crippen LogP contribution in [0.5, 0.6) is 0 Å². The minimum absolute atomic E-state index is 0.194. The molecule has 0 saturated heterocycles. The van der Waals surface area contributed by atoms with Gasteiger partial charge in [0.1, 0.15) is 0 Å². The first-order valence-corrected chi connectivity index (χ1v) is 19.3. The molecule has 0 aliphatic rings. The molecule has 0 fully saturated rings. The Balaban J connectivity index is 2.55. The van der Waals surface area contributed by atoms with Crippen LogP contribution >= 0.6 is 0 Å². The van der Waals surface area contributed by atoms with E-state index in [4.69, 9.17) is 9.57 Å². The van der Waals surface area contributed by atoms with E-state index in [-0.39, 0.29) is 11.9 Å². The zero-order chi connectivity index (χ0) is 32.6. The summed E-state index contributed by atoms with van der Waals surface area (Å²) in [6.45, 7) is 7.70. The molecule has 0 heterocycles. The van der Waals surface area contributed by atoms with Crippen LogP contribution in [0.15, 0.2) is 30.3 Å². The number of amides is 1. The Morgan fingerprint density at radius 3 is 1.64 bits per heavy atom. The number of carbonyl (C=O) groups excluding carboxylic acids is 1. The lowest BCUT2D eigenvalue weighted by molar-refractivity contribution is -0.203. The van der Waals surface area contributed by atoms with E-state index in [9.17, 15) is 4.79 Å². The topological polar surface area (TPSA) is 42.0 Å². The maximum absolute atomic E-state index is 13.5. The third-order valence-electron chi connectivity index (χ3n) is 8.88. The number of ether oxygens (including phenoxy) is 1. The molecule has 1 atom stereocenters. The fraction of sp³-hybridized carbons (Fsp3) is 0.825. The normalized spacial score (nSPS) is 12.2. The summed E-state index contributed by atoms with van der Waals surface area (Å²) in [5.41, 5.74) is 1.25. The van der Waals surface area contributed by atoms with E-state index in [1.807, 2.05) is 11.1 Å². The number of carbonyl (C=O) groups is 1. The lowest BCUT2D eigenvalue weighted by Gasteiger charge is -2.31. The average Bonchev–Trinajstić information content (AvgIpc) is 3.04. The quantitative estimate of drug-likeness (QED) is 0.0572. The van der Waals surface area contributed by atoms with Crippen molar-refractivity contribution >= 4 is 5.91 Å². The number of benzene rings is 1. The lowest BCUT2D eigenvalue weighted by Crippen LogP contribution is -2.41. The van der Waals surface area contributed by atoms with E-state index in [1.54, 1.807) is 0 Å². The predicted octanol–water partition coefficient (Wildman–Crippen LogP) is 11.3. The van der Waals surface area contributed by atoms with E-state index in [2.05, 4.69) is 57.1 Å². The van der Waals surface area contributed by atoms with Gasteiger partial charge >= 0.3 is 0 Å². The zero-order valence-corrected chi connectivity index (χ0v) is 30.4. The highest BCUT2D eigenvalue weighted by Gasteiger charge is 2.24. The molecule has 0 bridgehead atoms. The first-order valence-electron chi connectivity index (χ1n) is 19.3. The standard InChI is InChI=1S/C40H74N2O3/c1-5-7-9-11-13-15-20-27-36-45-42(40(43)33-28-34-41(3)4)39(31-24-17-14-12-10-8-6-2)32-25-18-16-19-26-35-44-37-38-29-22-21-23-30-38/h21-23,29-30,39H,5-20,24-28,31-37H2,1-4H3. The summed E-state index contributed by atoms with van der Waals surface area (Å²) in [5, 5.41) is 1.87. The number of unbranched alkanes of at least 4 members (excludes halogenated alkanes) is 17. The van der Waals surface area contributed by atoms with Gasteiger partial charge in [0.05, 0.1) is 19.3 Å². The van der Waals surface area contributed by atoms with Crippen LogP contribution in [0, 0.1) is 0 Å². The Bertz CT molecular complexity index is 757. The van der Waals surface area contributed by atoms with E-state index in [0.29, 0.717) is 19.6 Å². The van der Waals surface area contributed by atoms with Gasteiger partial charge in [0.25, 0.3) is 0 Å². The van der Waals surface area contributed by atoms with Crippen LogP contribution in [0.2, 0.25) is 0 Å². The van der Waals surface area contributed by atoms with Gasteiger partial charge in [-0.25, -0.2) is 5.06 Å². The molecule has 0 aliphatic carbocycles. The van der Waals surface area contributed by atoms with Crippen LogP contribution in [-0.2, 0) is 21.0 Å². The molecular weight excluding hydrogens is 556 g/mol. The van der Waals surface area contributed by atoms with Crippen molar-refractivity contribution in [3.05, 3.63) is 35.9 Å². The Labute approximate surface area is 280 Å². The summed E-state index contributed by atoms with van der Waals surface area (Å²) >= 11 is 0. The van der Waals surface area contributed by atoms with Gasteiger partial charge in [0, 0.05) is 13.0 Å². The average molecular weight is 631 g/mol. The first-order chi connectivity index (χ1) is 22.1. The summed E-state index contributed by atoms with van der Waals surface area (Å²) in [6.07, 6.45) is 28.9. The molecule has 0 saturated carbocycles. The predicted molar refractivity (Wildman–Crippen MR) is 193 cm³/mol. The number of rotatable bonds is 33. The summed E-state index contributed by atoms with van der Waals surface area (Å²) in [5.74, 6) is 0.194. The molecular formula is C40H74N2O3. The molecule has 262 valence electrons. The molecule has 0 radical (unpaired) electrons. The summed E-state index contributed by atoms with van der Waals surface area (Å²) < 4.78 is 5.87. The highest BCUT2D eigenvalue weighted by molar-refractivity contribution is 5.75. The lowest BCUT2D eigenvalue weighted by atomic mass is 9.99. The van der Waals surface area contributed by atoms with E-state index < -0.39 is 0 Å². The molecule has 0 spiro atoms. The van der Waals surface area contributed by atoms with Gasteiger partial charge in [-0.15, -0.1) is 0 Å². The molecule has 5 nitrogen and oxygen atoms in total. The van der Waals surface area contributed by atoms with Crippen molar-refractivity contribution in [3.8, 4) is 0 Å². The van der Waals surface area contributed by atoms with Crippen LogP contribution < -0.4 is 0 Å². The smallest absolute Gasteiger partial charge is 0.246 e. The summed E-state index contributed by atoms with van der Waals surface area (Å²) in [6, 6.07) is 10.6. The van der Waals surface area contributed by atoms with Crippen LogP contribution in [0.3, 0.4) is 0 Å². The van der Waals surface area contributed by atoms with Crippen molar-refractivity contribution in [1.82, 2.24) is 9.96 Å². The fourth-order valence-electron chi connectivity index (χ4n) is 6.03. The first kappa shape index (κ1) is 41.6. The summed E-state index contributed by atoms with van der Waals surface area (Å²) in [4.78, 5) is 22.1. The second-order valence-electron chi connectivity index (χ2n) is 13.6. The summed E-state index contributed by atoms with van der Waals surface area (Å²) in [7, 11) is 4.17. The van der Waals surface area contributed by atoms with Crippen molar-refractivity contribution in [2.45, 2.75) is 181 Å². The van der Waals surface area contributed by atoms with Gasteiger partial charge in [0.15, 0.2) is 0 Å². The largest absolute Gasteiger partial charge is 0.377 e. The number of hydroxylamine groups is 2. The molecule has 0 aromatic heterocycles. The van der Waals surface area contributed by atoms with E-state index >= 15 is 0 Å². The van der Waals surface area contributed by atoms with Gasteiger partial charge < -0.3 is 9.64 Å². The molecule has 0 aliphatic heterocycles. The third-order valence-corrected chi connectivity index (χ3v) is 8.88. The SMILES string of the molecule is CCCCCCCCCCON(C(=O)CCCN(C)C)C(CCCCCCCCC)CCCCCCCOCc1ccccc1. The Hall–Kier alpha value is -1.43. The fourth-order valence-corrected chi connectivity index (χ4v) is 6.03. The van der Waals surface area contributed by atoms with E-state index in [1.165, 1.54) is 115 Å². The Morgan fingerprint density at radius 2 is 1.11 bits per heavy atom. The molecule has 1 unspecified atom stereocenters. The van der Waals surface area contributed by atoms with Crippen molar-refractivity contribution < 1.29 is 14.4 Å². The van der Waals surface area contributed by atoms with Gasteiger partial charge in [-0.05, 0) is 58.3 Å². The van der Waals surface area contributed by atoms with Gasteiger partial charge in [0.2, 0.25) is 5.91 Å². The van der Waals surface area contributed by atoms with Crippen LogP contribution in [0.4, 0.5) is 0 Å². The zero-order valence-electron chi connectivity index (χ0n) is 30.4. The van der Waals surface area contributed by atoms with Crippen LogP contribution in [-0.4, -0.2) is 55.8 Å². The van der Waals surface area contributed by atoms with Crippen molar-refractivity contribution in [1.29, 1.82) is 0 Å². The Kier molecular flexibility index (Phi) is 28.8. The van der Waals surface area contributed by atoms with Crippen molar-refractivity contribution in [3.63, 3.8) is 0 Å².